The molecule has 0 unspecified atom stereocenters. The van der Waals surface area contributed by atoms with Crippen molar-refractivity contribution in [2.75, 3.05) is 31.8 Å². The van der Waals surface area contributed by atoms with Crippen molar-refractivity contribution in [3.8, 4) is 16.5 Å². The summed E-state index contributed by atoms with van der Waals surface area (Å²) >= 11 is 4.68. The minimum absolute atomic E-state index is 0.101. The first kappa shape index (κ1) is 24.6. The molecule has 0 aromatic carbocycles. The zero-order valence-corrected chi connectivity index (χ0v) is 21.7. The summed E-state index contributed by atoms with van der Waals surface area (Å²) in [5.41, 5.74) is -0.127. The molecule has 176 valence electrons. The standard InChI is InChI=1S/C19H26BrN5O5S2/c1-19(2,3)30-18(26)25-8-6-7-11(9-25)21-14-13(16-22-12(20)10-31-16)15(29-4)24-17(23-14)32(5,27)28/h10-11H,6-9H2,1-5H3,(H,21,23,24)/t11-/m1/s1. The van der Waals surface area contributed by atoms with Crippen molar-refractivity contribution in [1.29, 1.82) is 0 Å². The Morgan fingerprint density at radius 2 is 2.03 bits per heavy atom. The number of anilines is 1. The molecule has 2 aromatic heterocycles. The second-order valence-electron chi connectivity index (χ2n) is 8.40. The number of likely N-dealkylation sites (tertiary alicyclic amines) is 1. The number of thiazole rings is 1. The minimum Gasteiger partial charge on any atom is -0.480 e. The van der Waals surface area contributed by atoms with Crippen molar-refractivity contribution in [3.05, 3.63) is 9.98 Å². The fraction of sp³-hybridized carbons (Fsp3) is 0.579. The summed E-state index contributed by atoms with van der Waals surface area (Å²) < 4.78 is 35.9. The van der Waals surface area contributed by atoms with Gasteiger partial charge in [0.2, 0.25) is 15.7 Å². The number of amides is 1. The van der Waals surface area contributed by atoms with Crippen molar-refractivity contribution < 1.29 is 22.7 Å². The highest BCUT2D eigenvalue weighted by atomic mass is 79.9. The molecule has 3 heterocycles. The molecule has 1 saturated heterocycles. The SMILES string of the molecule is COc1nc(S(C)(=O)=O)nc(N[C@@H]2CCCN(C(=O)OC(C)(C)C)C2)c1-c1nc(Br)cs1. The monoisotopic (exact) mass is 547 g/mol. The molecule has 1 aliphatic rings. The third kappa shape index (κ3) is 6.07. The van der Waals surface area contributed by atoms with E-state index in [1.54, 1.807) is 10.3 Å². The molecule has 0 bridgehead atoms. The van der Waals surface area contributed by atoms with Crippen molar-refractivity contribution in [2.45, 2.75) is 50.4 Å². The van der Waals surface area contributed by atoms with Crippen molar-refractivity contribution in [3.63, 3.8) is 0 Å². The van der Waals surface area contributed by atoms with Gasteiger partial charge in [0.1, 0.15) is 26.6 Å². The first-order valence-electron chi connectivity index (χ1n) is 9.89. The molecule has 10 nitrogen and oxygen atoms in total. The number of nitrogens with one attached hydrogen (secondary N) is 1. The van der Waals surface area contributed by atoms with Crippen LogP contribution in [-0.2, 0) is 14.6 Å². The van der Waals surface area contributed by atoms with Gasteiger partial charge in [0.05, 0.1) is 7.11 Å². The summed E-state index contributed by atoms with van der Waals surface area (Å²) in [6.07, 6.45) is 2.18. The molecule has 1 atom stereocenters. The van der Waals surface area contributed by atoms with E-state index in [2.05, 4.69) is 36.2 Å². The molecule has 1 amide bonds. The van der Waals surface area contributed by atoms with Crippen molar-refractivity contribution in [1.82, 2.24) is 19.9 Å². The largest absolute Gasteiger partial charge is 0.480 e. The second kappa shape index (κ2) is 9.48. The Morgan fingerprint density at radius 1 is 1.31 bits per heavy atom. The van der Waals surface area contributed by atoms with E-state index in [9.17, 15) is 13.2 Å². The van der Waals surface area contributed by atoms with Crippen LogP contribution in [0.25, 0.3) is 10.6 Å². The van der Waals surface area contributed by atoms with Crippen LogP contribution in [0, 0.1) is 0 Å². The van der Waals surface area contributed by atoms with Crippen LogP contribution in [0.5, 0.6) is 5.88 Å². The topological polar surface area (TPSA) is 124 Å². The fourth-order valence-electron chi connectivity index (χ4n) is 3.18. The van der Waals surface area contributed by atoms with E-state index in [0.29, 0.717) is 28.3 Å². The third-order valence-corrected chi connectivity index (χ3v) is 6.90. The van der Waals surface area contributed by atoms with Gasteiger partial charge < -0.3 is 19.7 Å². The van der Waals surface area contributed by atoms with Gasteiger partial charge in [-0.25, -0.2) is 23.2 Å². The van der Waals surface area contributed by atoms with Gasteiger partial charge >= 0.3 is 6.09 Å². The van der Waals surface area contributed by atoms with Gasteiger partial charge in [-0.2, -0.15) is 4.98 Å². The summed E-state index contributed by atoms with van der Waals surface area (Å²) in [5.74, 6) is 0.389. The Morgan fingerprint density at radius 3 is 2.59 bits per heavy atom. The lowest BCUT2D eigenvalue weighted by molar-refractivity contribution is 0.0206. The van der Waals surface area contributed by atoms with E-state index in [1.807, 2.05) is 20.8 Å². The average molecular weight is 548 g/mol. The lowest BCUT2D eigenvalue weighted by Crippen LogP contribution is -2.47. The molecule has 3 rings (SSSR count). The van der Waals surface area contributed by atoms with Crippen molar-refractivity contribution >= 4 is 49.0 Å². The Labute approximate surface area is 199 Å². The number of nitrogens with zero attached hydrogens (tertiary/aromatic N) is 4. The van der Waals surface area contributed by atoms with Gasteiger partial charge in [0.15, 0.2) is 0 Å². The average Bonchev–Trinajstić information content (AvgIpc) is 3.11. The number of sulfone groups is 1. The summed E-state index contributed by atoms with van der Waals surface area (Å²) in [4.78, 5) is 27.0. The Balaban J connectivity index is 1.96. The van der Waals surface area contributed by atoms with E-state index >= 15 is 0 Å². The van der Waals surface area contributed by atoms with Gasteiger partial charge in [-0.3, -0.25) is 0 Å². The maximum absolute atomic E-state index is 12.5. The number of aromatic nitrogens is 3. The zero-order chi connectivity index (χ0) is 23.7. The number of carbonyl (C=O) groups excluding carboxylic acids is 1. The number of ether oxygens (including phenoxy) is 2. The quantitative estimate of drug-likeness (QED) is 0.559. The molecule has 2 aromatic rings. The van der Waals surface area contributed by atoms with Gasteiger partial charge in [-0.15, -0.1) is 11.3 Å². The Hall–Kier alpha value is -1.99. The zero-order valence-electron chi connectivity index (χ0n) is 18.5. The van der Waals surface area contributed by atoms with E-state index in [4.69, 9.17) is 9.47 Å². The molecule has 13 heteroatoms. The minimum atomic E-state index is -3.69. The molecule has 0 spiro atoms. The predicted octanol–water partition coefficient (Wildman–Crippen LogP) is 3.59. The second-order valence-corrected chi connectivity index (χ2v) is 12.0. The fourth-order valence-corrected chi connectivity index (χ4v) is 4.98. The maximum Gasteiger partial charge on any atom is 0.410 e. The van der Waals surface area contributed by atoms with E-state index in [-0.39, 0.29) is 29.0 Å². The maximum atomic E-state index is 12.5. The van der Waals surface area contributed by atoms with Crippen molar-refractivity contribution in [2.24, 2.45) is 0 Å². The third-order valence-electron chi connectivity index (χ3n) is 4.48. The number of hydrogen-bond acceptors (Lipinski definition) is 10. The lowest BCUT2D eigenvalue weighted by atomic mass is 10.1. The van der Waals surface area contributed by atoms with Crippen LogP contribution in [0.2, 0.25) is 0 Å². The highest BCUT2D eigenvalue weighted by Crippen LogP contribution is 2.38. The number of carbonyl (C=O) groups is 1. The van der Waals surface area contributed by atoms with Crippen LogP contribution in [0.1, 0.15) is 33.6 Å². The molecular formula is C19H26BrN5O5S2. The van der Waals surface area contributed by atoms with E-state index in [1.165, 1.54) is 18.4 Å². The lowest BCUT2D eigenvalue weighted by Gasteiger charge is -2.34. The summed E-state index contributed by atoms with van der Waals surface area (Å²) in [7, 11) is -2.28. The van der Waals surface area contributed by atoms with E-state index in [0.717, 1.165) is 19.1 Å². The molecular weight excluding hydrogens is 522 g/mol. The number of piperidine rings is 1. The summed E-state index contributed by atoms with van der Waals surface area (Å²) in [6, 6.07) is -0.176. The van der Waals surface area contributed by atoms with Gasteiger partial charge in [-0.1, -0.05) is 0 Å². The van der Waals surface area contributed by atoms with E-state index < -0.39 is 15.4 Å². The molecule has 1 N–H and O–H groups in total. The predicted molar refractivity (Wildman–Crippen MR) is 125 cm³/mol. The van der Waals surface area contributed by atoms with Crippen LogP contribution in [0.15, 0.2) is 15.1 Å². The number of methoxy groups -OCH3 is 1. The van der Waals surface area contributed by atoms with Crippen LogP contribution < -0.4 is 10.1 Å². The van der Waals surface area contributed by atoms with Crippen LogP contribution >= 0.6 is 27.3 Å². The van der Waals surface area contributed by atoms with Crippen LogP contribution in [0.3, 0.4) is 0 Å². The first-order valence-corrected chi connectivity index (χ1v) is 13.5. The highest BCUT2D eigenvalue weighted by Gasteiger charge is 2.30. The van der Waals surface area contributed by atoms with Gasteiger partial charge in [-0.05, 0) is 49.5 Å². The molecule has 1 fully saturated rings. The Bertz CT molecular complexity index is 1100. The normalized spacial score (nSPS) is 17.2. The Kier molecular flexibility index (Phi) is 7.30. The van der Waals surface area contributed by atoms with Crippen LogP contribution in [-0.4, -0.2) is 72.5 Å². The van der Waals surface area contributed by atoms with Crippen LogP contribution in [0.4, 0.5) is 10.6 Å². The van der Waals surface area contributed by atoms with Gasteiger partial charge in [0, 0.05) is 30.8 Å². The molecule has 1 aliphatic heterocycles. The highest BCUT2D eigenvalue weighted by molar-refractivity contribution is 9.10. The molecule has 0 saturated carbocycles. The first-order chi connectivity index (χ1) is 14.9. The summed E-state index contributed by atoms with van der Waals surface area (Å²) in [5, 5.41) is 5.31. The number of halogens is 1. The summed E-state index contributed by atoms with van der Waals surface area (Å²) in [6.45, 7) is 6.44. The number of hydrogen-bond donors (Lipinski definition) is 1. The smallest absolute Gasteiger partial charge is 0.410 e. The molecule has 32 heavy (non-hydrogen) atoms. The molecule has 0 aliphatic carbocycles. The van der Waals surface area contributed by atoms with Gasteiger partial charge in [0.25, 0.3) is 5.16 Å². The number of rotatable bonds is 5. The molecule has 0 radical (unpaired) electrons.